The van der Waals surface area contributed by atoms with Gasteiger partial charge in [-0.3, -0.25) is 0 Å². The number of carboxylic acid groups (broad SMARTS) is 1. The molecule has 21 heavy (non-hydrogen) atoms. The average Bonchev–Trinajstić information content (AvgIpc) is 2.92. The van der Waals surface area contributed by atoms with Gasteiger partial charge in [0.15, 0.2) is 0 Å². The van der Waals surface area contributed by atoms with E-state index in [1.165, 1.54) is 11.3 Å². The molecule has 0 atom stereocenters. The third-order valence-corrected chi connectivity index (χ3v) is 3.82. The third-order valence-electron chi connectivity index (χ3n) is 2.80. The molecule has 2 aromatic rings. The lowest BCUT2D eigenvalue weighted by Gasteiger charge is -2.09. The van der Waals surface area contributed by atoms with Gasteiger partial charge >= 0.3 is 5.97 Å². The molecule has 110 valence electrons. The molecule has 0 bridgehead atoms. The first kappa shape index (κ1) is 15.3. The Bertz CT molecular complexity index is 631. The van der Waals surface area contributed by atoms with Crippen LogP contribution in [-0.4, -0.2) is 22.8 Å². The molecule has 0 aliphatic heterocycles. The summed E-state index contributed by atoms with van der Waals surface area (Å²) < 4.78 is 5.77. The van der Waals surface area contributed by atoms with Gasteiger partial charge in [-0.2, -0.15) is 0 Å². The van der Waals surface area contributed by atoms with Gasteiger partial charge in [0, 0.05) is 22.4 Å². The van der Waals surface area contributed by atoms with Crippen LogP contribution < -0.4 is 4.74 Å². The smallest absolute Gasteiger partial charge is 0.328 e. The molecule has 0 radical (unpaired) electrons. The number of aliphatic carboxylic acids is 1. The maximum absolute atomic E-state index is 10.5. The van der Waals surface area contributed by atoms with Crippen LogP contribution in [0.25, 0.3) is 6.08 Å². The van der Waals surface area contributed by atoms with E-state index in [1.807, 2.05) is 36.4 Å². The van der Waals surface area contributed by atoms with Crippen LogP contribution in [0, 0.1) is 0 Å². The number of benzene rings is 1. The van der Waals surface area contributed by atoms with Crippen molar-refractivity contribution in [2.24, 2.45) is 0 Å². The highest BCUT2D eigenvalue weighted by molar-refractivity contribution is 7.12. The van der Waals surface area contributed by atoms with Crippen LogP contribution in [0.1, 0.15) is 15.3 Å². The third kappa shape index (κ3) is 4.73. The van der Waals surface area contributed by atoms with Gasteiger partial charge in [-0.05, 0) is 36.3 Å². The molecule has 1 aromatic carbocycles. The van der Waals surface area contributed by atoms with Gasteiger partial charge in [-0.1, -0.05) is 18.2 Å². The second-order valence-electron chi connectivity index (χ2n) is 4.35. The second kappa shape index (κ2) is 7.61. The highest BCUT2D eigenvalue weighted by Crippen LogP contribution is 2.23. The summed E-state index contributed by atoms with van der Waals surface area (Å²) >= 11 is 1.49. The molecule has 0 aliphatic carbocycles. The zero-order valence-corrected chi connectivity index (χ0v) is 12.2. The van der Waals surface area contributed by atoms with E-state index in [9.17, 15) is 4.79 Å². The molecule has 2 N–H and O–H groups in total. The molecule has 1 aromatic heterocycles. The lowest BCUT2D eigenvalue weighted by molar-refractivity contribution is -0.131. The van der Waals surface area contributed by atoms with E-state index in [0.717, 1.165) is 27.1 Å². The Morgan fingerprint density at radius 2 is 2.05 bits per heavy atom. The zero-order chi connectivity index (χ0) is 15.1. The van der Waals surface area contributed by atoms with Crippen molar-refractivity contribution in [1.82, 2.24) is 0 Å². The molecule has 0 spiro atoms. The second-order valence-corrected chi connectivity index (χ2v) is 5.55. The van der Waals surface area contributed by atoms with Crippen molar-refractivity contribution in [2.75, 3.05) is 6.61 Å². The van der Waals surface area contributed by atoms with E-state index >= 15 is 0 Å². The molecule has 1 heterocycles. The van der Waals surface area contributed by atoms with Gasteiger partial charge < -0.3 is 14.9 Å². The number of hydrogen-bond acceptors (Lipinski definition) is 4. The predicted molar refractivity (Wildman–Crippen MR) is 82.6 cm³/mol. The number of para-hydroxylation sites is 1. The fraction of sp³-hybridized carbons (Fsp3) is 0.188. The summed E-state index contributed by atoms with van der Waals surface area (Å²) in [5, 5.41) is 17.6. The normalized spacial score (nSPS) is 10.9. The molecule has 4 nitrogen and oxygen atoms in total. The van der Waals surface area contributed by atoms with E-state index in [1.54, 1.807) is 6.08 Å². The van der Waals surface area contributed by atoms with Crippen LogP contribution in [0.4, 0.5) is 0 Å². The lowest BCUT2D eigenvalue weighted by Crippen LogP contribution is -1.98. The SMILES string of the molecule is O=C(O)/C=C/c1ccc(COc2ccccc2CCO)s1. The number of aliphatic hydroxyl groups excluding tert-OH is 1. The van der Waals surface area contributed by atoms with Crippen LogP contribution >= 0.6 is 11.3 Å². The van der Waals surface area contributed by atoms with Crippen molar-refractivity contribution in [1.29, 1.82) is 0 Å². The van der Waals surface area contributed by atoms with Crippen molar-refractivity contribution in [3.8, 4) is 5.75 Å². The minimum atomic E-state index is -0.959. The largest absolute Gasteiger partial charge is 0.488 e. The molecule has 2 rings (SSSR count). The average molecular weight is 304 g/mol. The summed E-state index contributed by atoms with van der Waals surface area (Å²) in [7, 11) is 0. The van der Waals surface area contributed by atoms with Gasteiger partial charge in [0.1, 0.15) is 12.4 Å². The van der Waals surface area contributed by atoms with Crippen LogP contribution in [-0.2, 0) is 17.8 Å². The number of carbonyl (C=O) groups is 1. The van der Waals surface area contributed by atoms with Crippen LogP contribution in [0.3, 0.4) is 0 Å². The number of hydrogen-bond donors (Lipinski definition) is 2. The van der Waals surface area contributed by atoms with E-state index in [4.69, 9.17) is 14.9 Å². The Morgan fingerprint density at radius 3 is 2.81 bits per heavy atom. The van der Waals surface area contributed by atoms with Gasteiger partial charge in [0.05, 0.1) is 0 Å². The maximum atomic E-state index is 10.5. The monoisotopic (exact) mass is 304 g/mol. The van der Waals surface area contributed by atoms with Crippen molar-refractivity contribution in [3.63, 3.8) is 0 Å². The molecule has 0 unspecified atom stereocenters. The van der Waals surface area contributed by atoms with Gasteiger partial charge in [-0.25, -0.2) is 4.79 Å². The molecule has 0 saturated heterocycles. The summed E-state index contributed by atoms with van der Waals surface area (Å²) in [6.45, 7) is 0.511. The van der Waals surface area contributed by atoms with Gasteiger partial charge in [0.2, 0.25) is 0 Å². The lowest BCUT2D eigenvalue weighted by atomic mass is 10.1. The highest BCUT2D eigenvalue weighted by atomic mass is 32.1. The van der Waals surface area contributed by atoms with Crippen LogP contribution in [0.2, 0.25) is 0 Å². The molecule has 5 heteroatoms. The fourth-order valence-electron chi connectivity index (χ4n) is 1.84. The first-order valence-corrected chi connectivity index (χ1v) is 7.32. The summed E-state index contributed by atoms with van der Waals surface area (Å²) in [5.74, 6) is -0.193. The number of carboxylic acids is 1. The number of thiophene rings is 1. The Labute approximate surface area is 126 Å². The van der Waals surface area contributed by atoms with E-state index in [2.05, 4.69) is 0 Å². The standard InChI is InChI=1S/C16H16O4S/c17-10-9-12-3-1-2-4-15(12)20-11-14-6-5-13(21-14)7-8-16(18)19/h1-8,17H,9-11H2,(H,18,19)/b8-7+. The molecular weight excluding hydrogens is 288 g/mol. The summed E-state index contributed by atoms with van der Waals surface area (Å²) in [4.78, 5) is 12.3. The predicted octanol–water partition coefficient (Wildman–Crippen LogP) is 2.96. The van der Waals surface area contributed by atoms with E-state index in [0.29, 0.717) is 13.0 Å². The van der Waals surface area contributed by atoms with E-state index < -0.39 is 5.97 Å². The summed E-state index contributed by atoms with van der Waals surface area (Å²) in [5.41, 5.74) is 0.975. The fourth-order valence-corrected chi connectivity index (χ4v) is 2.66. The first-order chi connectivity index (χ1) is 10.2. The summed E-state index contributed by atoms with van der Waals surface area (Å²) in [6.07, 6.45) is 3.25. The molecule has 0 amide bonds. The Balaban J connectivity index is 1.99. The Hall–Kier alpha value is -2.11. The minimum absolute atomic E-state index is 0.0868. The van der Waals surface area contributed by atoms with Crippen LogP contribution in [0.5, 0.6) is 5.75 Å². The quantitative estimate of drug-likeness (QED) is 0.772. The molecule has 0 aliphatic rings. The van der Waals surface area contributed by atoms with Crippen molar-refractivity contribution >= 4 is 23.4 Å². The first-order valence-electron chi connectivity index (χ1n) is 6.50. The van der Waals surface area contributed by atoms with E-state index in [-0.39, 0.29) is 6.61 Å². The number of aliphatic hydroxyl groups is 1. The van der Waals surface area contributed by atoms with Crippen LogP contribution in [0.15, 0.2) is 42.5 Å². The van der Waals surface area contributed by atoms with Crippen molar-refractivity contribution in [2.45, 2.75) is 13.0 Å². The molecule has 0 saturated carbocycles. The van der Waals surface area contributed by atoms with Crippen molar-refractivity contribution < 1.29 is 19.7 Å². The number of rotatable bonds is 7. The Kier molecular flexibility index (Phi) is 5.54. The summed E-state index contributed by atoms with van der Waals surface area (Å²) in [6, 6.07) is 11.4. The zero-order valence-electron chi connectivity index (χ0n) is 11.4. The Morgan fingerprint density at radius 1 is 1.24 bits per heavy atom. The highest BCUT2D eigenvalue weighted by Gasteiger charge is 2.04. The topological polar surface area (TPSA) is 66.8 Å². The number of ether oxygens (including phenoxy) is 1. The van der Waals surface area contributed by atoms with Crippen molar-refractivity contribution in [3.05, 3.63) is 57.8 Å². The van der Waals surface area contributed by atoms with Gasteiger partial charge in [0.25, 0.3) is 0 Å². The van der Waals surface area contributed by atoms with Gasteiger partial charge in [-0.15, -0.1) is 11.3 Å². The minimum Gasteiger partial charge on any atom is -0.488 e. The maximum Gasteiger partial charge on any atom is 0.328 e. The molecular formula is C16H16O4S. The molecule has 0 fully saturated rings.